The Bertz CT molecular complexity index is 1330. The van der Waals surface area contributed by atoms with Crippen LogP contribution in [-0.4, -0.2) is 27.4 Å². The molecule has 1 aliphatic rings. The van der Waals surface area contributed by atoms with Crippen LogP contribution in [-0.2, 0) is 24.1 Å². The highest BCUT2D eigenvalue weighted by molar-refractivity contribution is 5.87. The van der Waals surface area contributed by atoms with E-state index in [-0.39, 0.29) is 18.3 Å². The lowest BCUT2D eigenvalue weighted by molar-refractivity contribution is -0.136. The number of carboxylic acid groups (broad SMARTS) is 1. The molecule has 0 spiro atoms. The number of aryl methyl sites for hydroxylation is 1. The molecule has 6 nitrogen and oxygen atoms in total. The summed E-state index contributed by atoms with van der Waals surface area (Å²) in [6.45, 7) is 0. The molecule has 0 radical (unpaired) electrons. The van der Waals surface area contributed by atoms with Crippen molar-refractivity contribution in [2.45, 2.75) is 31.8 Å². The molecule has 1 heterocycles. The minimum Gasteiger partial charge on any atom is -0.487 e. The number of carbonyl (C=O) groups is 1. The van der Waals surface area contributed by atoms with Gasteiger partial charge in [0.05, 0.1) is 17.4 Å². The lowest BCUT2D eigenvalue weighted by Gasteiger charge is -2.20. The van der Waals surface area contributed by atoms with Crippen molar-refractivity contribution >= 4 is 22.6 Å². The summed E-state index contributed by atoms with van der Waals surface area (Å²) in [5.74, 6) is -0.544. The fourth-order valence-electron chi connectivity index (χ4n) is 4.38. The van der Waals surface area contributed by atoms with E-state index in [2.05, 4.69) is 10.2 Å². The first-order valence-corrected chi connectivity index (χ1v) is 10.5. The molecule has 1 unspecified atom stereocenters. The minimum atomic E-state index is -0.865. The van der Waals surface area contributed by atoms with Crippen LogP contribution in [0.3, 0.4) is 0 Å². The van der Waals surface area contributed by atoms with Crippen LogP contribution in [0.15, 0.2) is 54.7 Å². The predicted molar refractivity (Wildman–Crippen MR) is 120 cm³/mol. The number of nitrogen functional groups attached to an aromatic ring is 1. The van der Waals surface area contributed by atoms with Crippen molar-refractivity contribution in [2.75, 3.05) is 5.73 Å². The molecule has 1 aliphatic carbocycles. The number of carboxylic acids is 1. The van der Waals surface area contributed by atoms with Crippen LogP contribution < -0.4 is 10.5 Å². The van der Waals surface area contributed by atoms with E-state index in [1.165, 1.54) is 6.07 Å². The number of halogens is 1. The normalized spacial score (nSPS) is 15.1. The average Bonchev–Trinajstić information content (AvgIpc) is 3.40. The van der Waals surface area contributed by atoms with Crippen molar-refractivity contribution in [1.29, 1.82) is 0 Å². The van der Waals surface area contributed by atoms with Gasteiger partial charge >= 0.3 is 5.97 Å². The minimum absolute atomic E-state index is 0.0110. The van der Waals surface area contributed by atoms with Gasteiger partial charge in [-0.2, -0.15) is 5.10 Å². The molecule has 4 N–H and O–H groups in total. The van der Waals surface area contributed by atoms with E-state index in [4.69, 9.17) is 15.6 Å². The first-order chi connectivity index (χ1) is 15.5. The first kappa shape index (κ1) is 20.1. The van der Waals surface area contributed by atoms with E-state index in [9.17, 15) is 9.18 Å². The molecule has 3 aromatic carbocycles. The molecular weight excluding hydrogens is 409 g/mol. The van der Waals surface area contributed by atoms with Crippen molar-refractivity contribution in [1.82, 2.24) is 10.2 Å². The number of aliphatic carboxylic acids is 1. The van der Waals surface area contributed by atoms with E-state index in [0.29, 0.717) is 36.3 Å². The summed E-state index contributed by atoms with van der Waals surface area (Å²) in [7, 11) is 0. The number of anilines is 1. The quantitative estimate of drug-likeness (QED) is 0.390. The molecule has 1 atom stereocenters. The molecule has 0 aliphatic heterocycles. The number of H-pyrrole nitrogens is 1. The summed E-state index contributed by atoms with van der Waals surface area (Å²) in [5.41, 5.74) is 11.9. The van der Waals surface area contributed by atoms with Gasteiger partial charge in [-0.1, -0.05) is 18.2 Å². The van der Waals surface area contributed by atoms with E-state index in [0.717, 1.165) is 33.2 Å². The summed E-state index contributed by atoms with van der Waals surface area (Å²) in [6, 6.07) is 14.7. The van der Waals surface area contributed by atoms with Gasteiger partial charge in [-0.25, -0.2) is 4.39 Å². The third-order valence-corrected chi connectivity index (χ3v) is 5.94. The molecule has 162 valence electrons. The van der Waals surface area contributed by atoms with Crippen molar-refractivity contribution in [2.24, 2.45) is 0 Å². The third kappa shape index (κ3) is 3.77. The molecule has 7 heteroatoms. The smallest absolute Gasteiger partial charge is 0.303 e. The standard InChI is InChI=1S/C25H22FN3O3/c26-21-3-1-2-15-11-18(12-19(15)21)32-25-20(8-14(9-22(25)27)4-7-24(30)31)16-5-6-23-17(10-16)13-28-29-23/h1-3,5-6,8-10,13,18H,4,7,11-12,27H2,(H,28,29)(H,30,31). The Kier molecular flexibility index (Phi) is 5.01. The molecule has 32 heavy (non-hydrogen) atoms. The molecule has 5 rings (SSSR count). The first-order valence-electron chi connectivity index (χ1n) is 10.5. The van der Waals surface area contributed by atoms with Gasteiger partial charge in [0.25, 0.3) is 0 Å². The number of hydrogen-bond acceptors (Lipinski definition) is 4. The van der Waals surface area contributed by atoms with Crippen molar-refractivity contribution in [3.8, 4) is 16.9 Å². The Labute approximate surface area is 183 Å². The zero-order valence-electron chi connectivity index (χ0n) is 17.3. The van der Waals surface area contributed by atoms with Crippen LogP contribution in [0, 0.1) is 5.82 Å². The summed E-state index contributed by atoms with van der Waals surface area (Å²) >= 11 is 0. The molecule has 0 amide bonds. The van der Waals surface area contributed by atoms with Crippen LogP contribution in [0.2, 0.25) is 0 Å². The van der Waals surface area contributed by atoms with Crippen molar-refractivity contribution in [3.05, 3.63) is 77.2 Å². The number of rotatable bonds is 6. The molecule has 0 saturated carbocycles. The molecule has 0 fully saturated rings. The van der Waals surface area contributed by atoms with Crippen LogP contribution >= 0.6 is 0 Å². The van der Waals surface area contributed by atoms with E-state index in [1.807, 2.05) is 30.3 Å². The van der Waals surface area contributed by atoms with Crippen molar-refractivity contribution in [3.63, 3.8) is 0 Å². The van der Waals surface area contributed by atoms with E-state index in [1.54, 1.807) is 18.3 Å². The summed E-state index contributed by atoms with van der Waals surface area (Å²) < 4.78 is 20.6. The fraction of sp³-hybridized carbons (Fsp3) is 0.200. The number of aromatic amines is 1. The summed E-state index contributed by atoms with van der Waals surface area (Å²) in [6.07, 6.45) is 2.96. The maximum atomic E-state index is 14.2. The van der Waals surface area contributed by atoms with Crippen LogP contribution in [0.5, 0.6) is 5.75 Å². The zero-order valence-corrected chi connectivity index (χ0v) is 17.3. The number of aromatic nitrogens is 2. The Morgan fingerprint density at radius 1 is 1.22 bits per heavy atom. The molecular formula is C25H22FN3O3. The maximum absolute atomic E-state index is 14.2. The van der Waals surface area contributed by atoms with Crippen LogP contribution in [0.25, 0.3) is 22.0 Å². The average molecular weight is 431 g/mol. The number of fused-ring (bicyclic) bond motifs is 2. The number of ether oxygens (including phenoxy) is 1. The number of nitrogens with two attached hydrogens (primary N) is 1. The number of nitrogens with one attached hydrogen (secondary N) is 1. The van der Waals surface area contributed by atoms with Crippen LogP contribution in [0.4, 0.5) is 10.1 Å². The van der Waals surface area contributed by atoms with Gasteiger partial charge in [0, 0.05) is 30.2 Å². The zero-order chi connectivity index (χ0) is 22.2. The molecule has 1 aromatic heterocycles. The monoisotopic (exact) mass is 431 g/mol. The van der Waals surface area contributed by atoms with E-state index >= 15 is 0 Å². The highest BCUT2D eigenvalue weighted by Crippen LogP contribution is 2.40. The summed E-state index contributed by atoms with van der Waals surface area (Å²) in [5, 5.41) is 17.0. The largest absolute Gasteiger partial charge is 0.487 e. The second-order valence-corrected chi connectivity index (χ2v) is 8.15. The Balaban J connectivity index is 1.53. The van der Waals surface area contributed by atoms with Gasteiger partial charge in [-0.05, 0) is 59.0 Å². The number of hydrogen-bond donors (Lipinski definition) is 3. The van der Waals surface area contributed by atoms with Gasteiger partial charge in [0.2, 0.25) is 0 Å². The Hall–Kier alpha value is -3.87. The van der Waals surface area contributed by atoms with Gasteiger partial charge in [0.1, 0.15) is 17.7 Å². The van der Waals surface area contributed by atoms with Gasteiger partial charge in [0.15, 0.2) is 0 Å². The second kappa shape index (κ2) is 8.00. The lowest BCUT2D eigenvalue weighted by Crippen LogP contribution is -2.18. The van der Waals surface area contributed by atoms with Gasteiger partial charge in [-0.3, -0.25) is 9.89 Å². The van der Waals surface area contributed by atoms with Gasteiger partial charge < -0.3 is 15.6 Å². The Morgan fingerprint density at radius 3 is 2.91 bits per heavy atom. The topological polar surface area (TPSA) is 101 Å². The summed E-state index contributed by atoms with van der Waals surface area (Å²) in [4.78, 5) is 11.1. The van der Waals surface area contributed by atoms with Gasteiger partial charge in [-0.15, -0.1) is 0 Å². The SMILES string of the molecule is Nc1cc(CCC(=O)O)cc(-c2ccc3[nH]ncc3c2)c1OC1Cc2cccc(F)c2C1. The van der Waals surface area contributed by atoms with E-state index < -0.39 is 5.97 Å². The molecule has 0 saturated heterocycles. The molecule has 4 aromatic rings. The van der Waals surface area contributed by atoms with Crippen molar-refractivity contribution < 1.29 is 19.0 Å². The third-order valence-electron chi connectivity index (χ3n) is 5.94. The number of benzene rings is 3. The van der Waals surface area contributed by atoms with Crippen LogP contribution in [0.1, 0.15) is 23.1 Å². The molecule has 0 bridgehead atoms. The highest BCUT2D eigenvalue weighted by Gasteiger charge is 2.27. The second-order valence-electron chi connectivity index (χ2n) is 8.15. The lowest BCUT2D eigenvalue weighted by atomic mass is 9.97. The highest BCUT2D eigenvalue weighted by atomic mass is 19.1. The maximum Gasteiger partial charge on any atom is 0.303 e. The fourth-order valence-corrected chi connectivity index (χ4v) is 4.38. The Morgan fingerprint density at radius 2 is 2.09 bits per heavy atom. The predicted octanol–water partition coefficient (Wildman–Crippen LogP) is 4.51. The number of nitrogens with zero attached hydrogens (tertiary/aromatic N) is 1.